The first kappa shape index (κ1) is 41.0. The SMILES string of the molecule is OC1=C(C2=CC=C3NC(N4c5ccccc5Sc5ccccc54)=NC4C=CC=C2C34)C(O)=C1C1C=CC2=C3C(=CC=CC31)NC(c1ccc3c4c(cccc14)N=C(N1c4ccccc4Sc4ccccc41)N3)=N2. The second kappa shape index (κ2) is 15.4. The van der Waals surface area contributed by atoms with Gasteiger partial charge in [-0.1, -0.05) is 127 Å². The summed E-state index contributed by atoms with van der Waals surface area (Å²) < 4.78 is 0. The number of benzene rings is 6. The Balaban J connectivity index is 0.697. The first-order valence-corrected chi connectivity index (χ1v) is 26.1. The van der Waals surface area contributed by atoms with Gasteiger partial charge in [0.2, 0.25) is 11.9 Å². The van der Waals surface area contributed by atoms with Crippen molar-refractivity contribution in [3.63, 3.8) is 0 Å². The summed E-state index contributed by atoms with van der Waals surface area (Å²) in [6, 6.07) is 44.2. The van der Waals surface area contributed by atoms with Crippen LogP contribution in [0.3, 0.4) is 0 Å². The second-order valence-electron chi connectivity index (χ2n) is 19.2. The van der Waals surface area contributed by atoms with E-state index in [2.05, 4.69) is 202 Å². The average molecular weight is 981 g/mol. The van der Waals surface area contributed by atoms with Gasteiger partial charge in [-0.15, -0.1) is 0 Å². The first-order valence-electron chi connectivity index (χ1n) is 24.5. The van der Waals surface area contributed by atoms with Crippen LogP contribution in [0.15, 0.2) is 279 Å². The van der Waals surface area contributed by atoms with Gasteiger partial charge >= 0.3 is 0 Å². The molecule has 5 heterocycles. The third-order valence-corrected chi connectivity index (χ3v) is 17.6. The molecule has 0 spiro atoms. The van der Waals surface area contributed by atoms with Crippen LogP contribution < -0.4 is 25.8 Å². The van der Waals surface area contributed by atoms with Crippen molar-refractivity contribution in [1.82, 2.24) is 10.6 Å². The fraction of sp³-hybridized carbons (Fsp3) is 0.0656. The minimum Gasteiger partial charge on any atom is -0.507 e. The van der Waals surface area contributed by atoms with Gasteiger partial charge in [0.1, 0.15) is 17.4 Å². The zero-order chi connectivity index (χ0) is 48.1. The van der Waals surface area contributed by atoms with Crippen LogP contribution in [0.4, 0.5) is 34.1 Å². The molecule has 348 valence electrons. The molecule has 5 N–H and O–H groups in total. The van der Waals surface area contributed by atoms with E-state index in [0.717, 1.165) is 102 Å². The van der Waals surface area contributed by atoms with E-state index in [1.807, 2.05) is 12.2 Å². The molecule has 6 aromatic carbocycles. The molecular formula is C61H40N8O2S2. The third kappa shape index (κ3) is 5.93. The van der Waals surface area contributed by atoms with Crippen LogP contribution in [0.25, 0.3) is 10.8 Å². The van der Waals surface area contributed by atoms with Crippen molar-refractivity contribution in [1.29, 1.82) is 0 Å². The van der Waals surface area contributed by atoms with E-state index >= 15 is 0 Å². The molecule has 6 aromatic rings. The number of guanidine groups is 2. The predicted octanol–water partition coefficient (Wildman–Crippen LogP) is 13.6. The Morgan fingerprint density at radius 1 is 0.548 bits per heavy atom. The molecule has 12 heteroatoms. The second-order valence-corrected chi connectivity index (χ2v) is 21.3. The molecule has 16 rings (SSSR count). The maximum Gasteiger partial charge on any atom is 0.213 e. The summed E-state index contributed by atoms with van der Waals surface area (Å²) in [5.41, 5.74) is 13.8. The van der Waals surface area contributed by atoms with Crippen LogP contribution in [0.1, 0.15) is 5.56 Å². The number of aliphatic imine (C=N–C) groups is 3. The maximum absolute atomic E-state index is 12.1. The number of anilines is 5. The number of para-hydroxylation sites is 4. The predicted molar refractivity (Wildman–Crippen MR) is 294 cm³/mol. The Labute approximate surface area is 428 Å². The molecule has 0 amide bonds. The topological polar surface area (TPSA) is 120 Å². The number of rotatable bonds is 3. The number of hydrogen-bond donors (Lipinski definition) is 5. The van der Waals surface area contributed by atoms with Crippen molar-refractivity contribution in [3.05, 3.63) is 250 Å². The van der Waals surface area contributed by atoms with Crippen LogP contribution in [-0.2, 0) is 0 Å². The molecule has 0 radical (unpaired) electrons. The first-order chi connectivity index (χ1) is 36.0. The lowest BCUT2D eigenvalue weighted by Crippen LogP contribution is -2.48. The number of allylic oxidation sites excluding steroid dienone is 12. The number of aliphatic hydroxyl groups is 2. The summed E-state index contributed by atoms with van der Waals surface area (Å²) in [5, 5.41) is 37.4. The van der Waals surface area contributed by atoms with E-state index in [1.165, 1.54) is 19.6 Å². The summed E-state index contributed by atoms with van der Waals surface area (Å²) in [6.07, 6.45) is 20.8. The maximum atomic E-state index is 12.1. The molecule has 5 aliphatic carbocycles. The zero-order valence-electron chi connectivity index (χ0n) is 38.7. The standard InChI is InChI=1S/C61H40N8O2S2/c70-57-55(58(71)56(57)36-27-30-42-53-33(36)13-10-16-39(53)64-60(66-42)68-44-18-1-5-22-48(44)72-49-23-6-2-19-45(49)68)35-26-29-41-52-32(35)12-9-15-38(52)62-59(63-41)37-28-31-43-54-34(37)14-11-17-40(54)65-61(67-43)69-46-20-3-7-24-50(46)73-51-25-8-4-21-47(51)69/h1-32,35,39,53,70-71H,(H,62,63)(H,64,66)(H,65,67). The number of nitrogens with zero attached hydrogens (tertiary/aromatic N) is 5. The van der Waals surface area contributed by atoms with Gasteiger partial charge in [0.15, 0.2) is 0 Å². The van der Waals surface area contributed by atoms with Crippen LogP contribution in [0.2, 0.25) is 0 Å². The fourth-order valence-electron chi connectivity index (χ4n) is 12.1. The average Bonchev–Trinajstić information content (AvgIpc) is 3.43. The van der Waals surface area contributed by atoms with Crippen molar-refractivity contribution >= 4 is 86.2 Å². The lowest BCUT2D eigenvalue weighted by atomic mass is 9.67. The highest BCUT2D eigenvalue weighted by Crippen LogP contribution is 2.55. The van der Waals surface area contributed by atoms with Gasteiger partial charge < -0.3 is 26.2 Å². The van der Waals surface area contributed by atoms with E-state index < -0.39 is 0 Å². The molecule has 0 bridgehead atoms. The quantitative estimate of drug-likeness (QED) is 0.118. The fourth-order valence-corrected chi connectivity index (χ4v) is 14.2. The monoisotopic (exact) mass is 980 g/mol. The Bertz CT molecular complexity index is 3940. The van der Waals surface area contributed by atoms with Crippen LogP contribution >= 0.6 is 23.5 Å². The summed E-state index contributed by atoms with van der Waals surface area (Å²) in [5.74, 6) is 1.91. The molecule has 4 unspecified atom stereocenters. The largest absolute Gasteiger partial charge is 0.507 e. The zero-order valence-corrected chi connectivity index (χ0v) is 40.3. The lowest BCUT2D eigenvalue weighted by molar-refractivity contribution is 0.327. The minimum atomic E-state index is -0.308. The van der Waals surface area contributed by atoms with Gasteiger partial charge in [0.25, 0.3) is 0 Å². The van der Waals surface area contributed by atoms with Crippen molar-refractivity contribution in [2.45, 2.75) is 25.6 Å². The van der Waals surface area contributed by atoms with E-state index in [-0.39, 0.29) is 35.3 Å². The molecule has 5 aliphatic heterocycles. The number of amidine groups is 1. The van der Waals surface area contributed by atoms with Crippen molar-refractivity contribution < 1.29 is 10.2 Å². The number of fused-ring (bicyclic) bond motifs is 4. The summed E-state index contributed by atoms with van der Waals surface area (Å²) in [7, 11) is 0. The summed E-state index contributed by atoms with van der Waals surface area (Å²) in [6.45, 7) is 0. The number of hydrogen-bond acceptors (Lipinski definition) is 12. The molecule has 0 aromatic heterocycles. The highest BCUT2D eigenvalue weighted by molar-refractivity contribution is 8.00. The highest BCUT2D eigenvalue weighted by Gasteiger charge is 2.46. The Morgan fingerprint density at radius 2 is 1.21 bits per heavy atom. The molecule has 0 saturated carbocycles. The molecule has 4 atom stereocenters. The van der Waals surface area contributed by atoms with Crippen molar-refractivity contribution in [3.8, 4) is 0 Å². The molecular weight excluding hydrogens is 941 g/mol. The Hall–Kier alpha value is -8.71. The third-order valence-electron chi connectivity index (χ3n) is 15.3. The normalized spacial score (nSPS) is 23.0. The van der Waals surface area contributed by atoms with Gasteiger partial charge in [0, 0.05) is 64.9 Å². The minimum absolute atomic E-state index is 0.105. The van der Waals surface area contributed by atoms with E-state index in [4.69, 9.17) is 15.0 Å². The van der Waals surface area contributed by atoms with Crippen molar-refractivity contribution in [2.75, 3.05) is 15.1 Å². The molecule has 10 nitrogen and oxygen atoms in total. The molecule has 0 saturated heterocycles. The van der Waals surface area contributed by atoms with Crippen LogP contribution in [0, 0.1) is 17.8 Å². The molecule has 0 fully saturated rings. The van der Waals surface area contributed by atoms with Gasteiger partial charge in [0.05, 0.1) is 57.4 Å². The lowest BCUT2D eigenvalue weighted by Gasteiger charge is -2.43. The number of aliphatic hydroxyl groups excluding tert-OH is 2. The Kier molecular flexibility index (Phi) is 8.64. The smallest absolute Gasteiger partial charge is 0.213 e. The van der Waals surface area contributed by atoms with Gasteiger partial charge in [-0.25, -0.2) is 15.0 Å². The summed E-state index contributed by atoms with van der Waals surface area (Å²) >= 11 is 3.55. The number of nitrogens with one attached hydrogen (secondary N) is 3. The summed E-state index contributed by atoms with van der Waals surface area (Å²) in [4.78, 5) is 25.1. The molecule has 10 aliphatic rings. The van der Waals surface area contributed by atoms with Crippen LogP contribution in [-0.4, -0.2) is 34.0 Å². The van der Waals surface area contributed by atoms with E-state index in [0.29, 0.717) is 11.1 Å². The van der Waals surface area contributed by atoms with Gasteiger partial charge in [-0.05, 0) is 101 Å². The van der Waals surface area contributed by atoms with Crippen molar-refractivity contribution in [2.24, 2.45) is 32.7 Å². The van der Waals surface area contributed by atoms with Gasteiger partial charge in [-0.3, -0.25) is 9.80 Å². The molecule has 73 heavy (non-hydrogen) atoms. The van der Waals surface area contributed by atoms with E-state index in [1.54, 1.807) is 23.5 Å². The van der Waals surface area contributed by atoms with E-state index in [9.17, 15) is 10.2 Å². The van der Waals surface area contributed by atoms with Crippen LogP contribution in [0.5, 0.6) is 0 Å². The van der Waals surface area contributed by atoms with Gasteiger partial charge in [-0.2, -0.15) is 0 Å². The Morgan fingerprint density at radius 3 is 1.90 bits per heavy atom. The highest BCUT2D eigenvalue weighted by atomic mass is 32.2.